The molecular formula is C19H24N2O2. The summed E-state index contributed by atoms with van der Waals surface area (Å²) in [5.41, 5.74) is 3.86. The van der Waals surface area contributed by atoms with E-state index in [1.807, 2.05) is 18.3 Å². The highest BCUT2D eigenvalue weighted by Crippen LogP contribution is 2.38. The Kier molecular flexibility index (Phi) is 4.42. The zero-order valence-electron chi connectivity index (χ0n) is 14.2. The molecule has 122 valence electrons. The average molecular weight is 312 g/mol. The summed E-state index contributed by atoms with van der Waals surface area (Å²) in [5, 5.41) is 0. The van der Waals surface area contributed by atoms with Crippen molar-refractivity contribution in [2.45, 2.75) is 38.8 Å². The Labute approximate surface area is 138 Å². The molecule has 1 aliphatic heterocycles. The Morgan fingerprint density at radius 3 is 2.52 bits per heavy atom. The fourth-order valence-corrected chi connectivity index (χ4v) is 3.50. The smallest absolute Gasteiger partial charge is 0.213 e. The first kappa shape index (κ1) is 15.7. The topological polar surface area (TPSA) is 34.6 Å². The molecule has 0 fully saturated rings. The van der Waals surface area contributed by atoms with Crippen LogP contribution in [0, 0.1) is 0 Å². The maximum Gasteiger partial charge on any atom is 0.213 e. The van der Waals surface area contributed by atoms with Crippen LogP contribution >= 0.6 is 0 Å². The summed E-state index contributed by atoms with van der Waals surface area (Å²) in [5.74, 6) is 1.59. The minimum atomic E-state index is 0.288. The van der Waals surface area contributed by atoms with E-state index in [-0.39, 0.29) is 6.04 Å². The standard InChI is InChI=1S/C19H24N2O2/c1-5-15-10-14-11-19(23-4)20-12-18(14)13(2)21(15)16-6-8-17(22-3)9-7-16/h6-9,11-13,15H,5,10H2,1-4H3/t13-,15+/m1/s1. The average Bonchev–Trinajstić information content (AvgIpc) is 2.61. The molecule has 1 aromatic carbocycles. The Bertz CT molecular complexity index is 670. The first-order valence-corrected chi connectivity index (χ1v) is 8.13. The van der Waals surface area contributed by atoms with Crippen LogP contribution in [0.2, 0.25) is 0 Å². The number of methoxy groups -OCH3 is 2. The molecule has 0 bridgehead atoms. The predicted molar refractivity (Wildman–Crippen MR) is 92.5 cm³/mol. The van der Waals surface area contributed by atoms with E-state index in [2.05, 4.69) is 41.9 Å². The third-order valence-electron chi connectivity index (χ3n) is 4.77. The third-order valence-corrected chi connectivity index (χ3v) is 4.77. The monoisotopic (exact) mass is 312 g/mol. The quantitative estimate of drug-likeness (QED) is 0.854. The van der Waals surface area contributed by atoms with Gasteiger partial charge in [-0.15, -0.1) is 0 Å². The number of pyridine rings is 1. The van der Waals surface area contributed by atoms with Crippen LogP contribution in [0.4, 0.5) is 5.69 Å². The molecule has 0 aliphatic carbocycles. The lowest BCUT2D eigenvalue weighted by molar-refractivity contribution is 0.394. The molecule has 0 amide bonds. The Morgan fingerprint density at radius 1 is 1.17 bits per heavy atom. The number of hydrogen-bond donors (Lipinski definition) is 0. The van der Waals surface area contributed by atoms with Gasteiger partial charge < -0.3 is 14.4 Å². The second-order valence-electron chi connectivity index (χ2n) is 5.97. The van der Waals surface area contributed by atoms with Gasteiger partial charge in [-0.3, -0.25) is 0 Å². The second kappa shape index (κ2) is 6.49. The van der Waals surface area contributed by atoms with Gasteiger partial charge in [0.15, 0.2) is 0 Å². The van der Waals surface area contributed by atoms with Crippen LogP contribution in [0.25, 0.3) is 0 Å². The molecule has 0 radical (unpaired) electrons. The summed E-state index contributed by atoms with van der Waals surface area (Å²) in [6, 6.07) is 11.2. The van der Waals surface area contributed by atoms with Crippen molar-refractivity contribution < 1.29 is 9.47 Å². The van der Waals surface area contributed by atoms with Gasteiger partial charge in [-0.1, -0.05) is 6.92 Å². The van der Waals surface area contributed by atoms with Crippen molar-refractivity contribution in [1.29, 1.82) is 0 Å². The highest BCUT2D eigenvalue weighted by atomic mass is 16.5. The van der Waals surface area contributed by atoms with E-state index in [4.69, 9.17) is 9.47 Å². The minimum Gasteiger partial charge on any atom is -0.497 e. The largest absolute Gasteiger partial charge is 0.497 e. The molecule has 2 heterocycles. The highest BCUT2D eigenvalue weighted by Gasteiger charge is 2.31. The van der Waals surface area contributed by atoms with Crippen LogP contribution in [0.5, 0.6) is 11.6 Å². The summed E-state index contributed by atoms with van der Waals surface area (Å²) in [7, 11) is 3.37. The maximum atomic E-state index is 5.28. The molecule has 0 saturated heterocycles. The van der Waals surface area contributed by atoms with Crippen molar-refractivity contribution >= 4 is 5.69 Å². The first-order valence-electron chi connectivity index (χ1n) is 8.13. The second-order valence-corrected chi connectivity index (χ2v) is 5.97. The van der Waals surface area contributed by atoms with E-state index in [9.17, 15) is 0 Å². The van der Waals surface area contributed by atoms with Crippen molar-refractivity contribution in [2.24, 2.45) is 0 Å². The lowest BCUT2D eigenvalue weighted by Gasteiger charge is -2.43. The SMILES string of the molecule is CC[C@H]1Cc2cc(OC)ncc2[C@@H](C)N1c1ccc(OC)cc1. The minimum absolute atomic E-state index is 0.288. The van der Waals surface area contributed by atoms with Gasteiger partial charge in [0, 0.05) is 24.0 Å². The van der Waals surface area contributed by atoms with Gasteiger partial charge in [-0.25, -0.2) is 4.98 Å². The lowest BCUT2D eigenvalue weighted by Crippen LogP contribution is -2.42. The van der Waals surface area contributed by atoms with Crippen molar-refractivity contribution in [3.63, 3.8) is 0 Å². The maximum absolute atomic E-state index is 5.28. The number of aromatic nitrogens is 1. The molecule has 1 aliphatic rings. The predicted octanol–water partition coefficient (Wildman–Crippen LogP) is 4.00. The third kappa shape index (κ3) is 2.85. The number of nitrogens with zero attached hydrogens (tertiary/aromatic N) is 2. The van der Waals surface area contributed by atoms with Gasteiger partial charge in [0.05, 0.1) is 20.3 Å². The number of benzene rings is 1. The lowest BCUT2D eigenvalue weighted by atomic mass is 9.88. The molecule has 2 aromatic rings. The molecule has 0 unspecified atom stereocenters. The van der Waals surface area contributed by atoms with Gasteiger partial charge in [-0.05, 0) is 55.2 Å². The van der Waals surface area contributed by atoms with E-state index < -0.39 is 0 Å². The van der Waals surface area contributed by atoms with Gasteiger partial charge in [0.2, 0.25) is 5.88 Å². The first-order chi connectivity index (χ1) is 11.2. The molecule has 0 saturated carbocycles. The van der Waals surface area contributed by atoms with Gasteiger partial charge in [0.1, 0.15) is 5.75 Å². The summed E-state index contributed by atoms with van der Waals surface area (Å²) in [6.45, 7) is 4.50. The van der Waals surface area contributed by atoms with Gasteiger partial charge >= 0.3 is 0 Å². The normalized spacial score (nSPS) is 20.1. The number of hydrogen-bond acceptors (Lipinski definition) is 4. The molecule has 23 heavy (non-hydrogen) atoms. The van der Waals surface area contributed by atoms with Crippen LogP contribution < -0.4 is 14.4 Å². The van der Waals surface area contributed by atoms with Crippen molar-refractivity contribution in [1.82, 2.24) is 4.98 Å². The van der Waals surface area contributed by atoms with E-state index >= 15 is 0 Å². The molecule has 2 atom stereocenters. The van der Waals surface area contributed by atoms with Gasteiger partial charge in [0.25, 0.3) is 0 Å². The van der Waals surface area contributed by atoms with Crippen LogP contribution in [0.1, 0.15) is 37.4 Å². The molecule has 4 heteroatoms. The molecule has 0 spiro atoms. The molecule has 0 N–H and O–H groups in total. The Balaban J connectivity index is 1.98. The molecule has 4 nitrogen and oxygen atoms in total. The summed E-state index contributed by atoms with van der Waals surface area (Å²) >= 11 is 0. The van der Waals surface area contributed by atoms with E-state index in [0.29, 0.717) is 11.9 Å². The van der Waals surface area contributed by atoms with Crippen LogP contribution in [0.3, 0.4) is 0 Å². The van der Waals surface area contributed by atoms with Crippen molar-refractivity contribution in [2.75, 3.05) is 19.1 Å². The van der Waals surface area contributed by atoms with Crippen molar-refractivity contribution in [3.05, 3.63) is 47.7 Å². The number of anilines is 1. The zero-order valence-corrected chi connectivity index (χ0v) is 14.2. The van der Waals surface area contributed by atoms with Crippen LogP contribution in [-0.2, 0) is 6.42 Å². The summed E-state index contributed by atoms with van der Waals surface area (Å²) in [4.78, 5) is 6.89. The molecule has 1 aromatic heterocycles. The van der Waals surface area contributed by atoms with Crippen LogP contribution in [-0.4, -0.2) is 25.2 Å². The fraction of sp³-hybridized carbons (Fsp3) is 0.421. The summed E-state index contributed by atoms with van der Waals surface area (Å²) < 4.78 is 10.6. The summed E-state index contributed by atoms with van der Waals surface area (Å²) in [6.07, 6.45) is 4.07. The number of fused-ring (bicyclic) bond motifs is 1. The molecule has 3 rings (SSSR count). The Hall–Kier alpha value is -2.23. The molecular weight excluding hydrogens is 288 g/mol. The van der Waals surface area contributed by atoms with Crippen LogP contribution in [0.15, 0.2) is 36.5 Å². The fourth-order valence-electron chi connectivity index (χ4n) is 3.50. The number of rotatable bonds is 4. The van der Waals surface area contributed by atoms with E-state index in [1.54, 1.807) is 14.2 Å². The van der Waals surface area contributed by atoms with Gasteiger partial charge in [-0.2, -0.15) is 0 Å². The van der Waals surface area contributed by atoms with E-state index in [0.717, 1.165) is 18.6 Å². The zero-order chi connectivity index (χ0) is 16.4. The van der Waals surface area contributed by atoms with E-state index in [1.165, 1.54) is 16.8 Å². The van der Waals surface area contributed by atoms with Crippen molar-refractivity contribution in [3.8, 4) is 11.6 Å². The Morgan fingerprint density at radius 2 is 1.91 bits per heavy atom. The number of ether oxygens (including phenoxy) is 2. The highest BCUT2D eigenvalue weighted by molar-refractivity contribution is 5.55.